The third kappa shape index (κ3) is 6.23. The molecule has 2 aromatic carbocycles. The lowest BCUT2D eigenvalue weighted by molar-refractivity contribution is -0.113. The third-order valence-corrected chi connectivity index (χ3v) is 4.80. The number of nitrogens with one attached hydrogen (secondary N) is 3. The maximum absolute atomic E-state index is 12.2. The summed E-state index contributed by atoms with van der Waals surface area (Å²) in [7, 11) is 1.56. The number of halogens is 1. The maximum atomic E-state index is 12.2. The molecule has 0 aliphatic rings. The molecule has 0 aliphatic carbocycles. The van der Waals surface area contributed by atoms with Crippen LogP contribution in [0.1, 0.15) is 16.2 Å². The predicted molar refractivity (Wildman–Crippen MR) is 111 cm³/mol. The van der Waals surface area contributed by atoms with Crippen LogP contribution in [0.25, 0.3) is 0 Å². The number of benzene rings is 2. The SMILES string of the molecule is COc1ccc(C(=O)NCc2nc(SCC(=O)Nc3cccc(Cl)c3)n[nH]2)cc1. The standard InChI is InChI=1S/C19H18ClN5O3S/c1-28-15-7-5-12(6-8-15)18(27)21-10-16-23-19(25-24-16)29-11-17(26)22-14-4-2-3-13(20)9-14/h2-9H,10-11H2,1H3,(H,21,27)(H,22,26)(H,23,24,25). The fourth-order valence-electron chi connectivity index (χ4n) is 2.32. The fraction of sp³-hybridized carbons (Fsp3) is 0.158. The van der Waals surface area contributed by atoms with Crippen LogP contribution in [-0.4, -0.2) is 39.9 Å². The number of aromatic nitrogens is 3. The van der Waals surface area contributed by atoms with Crippen molar-refractivity contribution in [1.82, 2.24) is 20.5 Å². The molecule has 10 heteroatoms. The number of H-pyrrole nitrogens is 1. The van der Waals surface area contributed by atoms with E-state index in [1.807, 2.05) is 0 Å². The van der Waals surface area contributed by atoms with Gasteiger partial charge in [-0.1, -0.05) is 29.4 Å². The Kier molecular flexibility index (Phi) is 7.09. The van der Waals surface area contributed by atoms with Crippen LogP contribution in [0.4, 0.5) is 5.69 Å². The summed E-state index contributed by atoms with van der Waals surface area (Å²) < 4.78 is 5.07. The fourth-order valence-corrected chi connectivity index (χ4v) is 3.13. The predicted octanol–water partition coefficient (Wildman–Crippen LogP) is 3.13. The molecule has 0 aliphatic heterocycles. The number of methoxy groups -OCH3 is 1. The minimum Gasteiger partial charge on any atom is -0.497 e. The Labute approximate surface area is 176 Å². The Hall–Kier alpha value is -3.04. The molecule has 0 atom stereocenters. The van der Waals surface area contributed by atoms with Crippen molar-refractivity contribution in [3.05, 3.63) is 64.9 Å². The highest BCUT2D eigenvalue weighted by atomic mass is 35.5. The molecule has 3 rings (SSSR count). The quantitative estimate of drug-likeness (QED) is 0.473. The Bertz CT molecular complexity index is 994. The van der Waals surface area contributed by atoms with E-state index in [4.69, 9.17) is 16.3 Å². The molecule has 0 radical (unpaired) electrons. The molecule has 0 unspecified atom stereocenters. The molecule has 0 bridgehead atoms. The number of ether oxygens (including phenoxy) is 1. The monoisotopic (exact) mass is 431 g/mol. The highest BCUT2D eigenvalue weighted by molar-refractivity contribution is 7.99. The van der Waals surface area contributed by atoms with E-state index in [9.17, 15) is 9.59 Å². The van der Waals surface area contributed by atoms with Crippen molar-refractivity contribution >= 4 is 40.9 Å². The van der Waals surface area contributed by atoms with Crippen molar-refractivity contribution in [3.8, 4) is 5.75 Å². The smallest absolute Gasteiger partial charge is 0.251 e. The number of hydrogen-bond donors (Lipinski definition) is 3. The van der Waals surface area contributed by atoms with Gasteiger partial charge in [0, 0.05) is 16.3 Å². The van der Waals surface area contributed by atoms with Crippen molar-refractivity contribution < 1.29 is 14.3 Å². The average Bonchev–Trinajstić information content (AvgIpc) is 3.18. The third-order valence-electron chi connectivity index (χ3n) is 3.72. The van der Waals surface area contributed by atoms with Gasteiger partial charge in [0.05, 0.1) is 19.4 Å². The summed E-state index contributed by atoms with van der Waals surface area (Å²) in [5.74, 6) is 0.875. The minimum absolute atomic E-state index is 0.141. The average molecular weight is 432 g/mol. The first-order chi connectivity index (χ1) is 14.0. The molecule has 0 spiro atoms. The van der Waals surface area contributed by atoms with Gasteiger partial charge >= 0.3 is 0 Å². The Morgan fingerprint density at radius 3 is 2.72 bits per heavy atom. The first-order valence-corrected chi connectivity index (χ1v) is 9.91. The van der Waals surface area contributed by atoms with Crippen LogP contribution in [0.15, 0.2) is 53.7 Å². The number of hydrogen-bond acceptors (Lipinski definition) is 6. The molecule has 8 nitrogen and oxygen atoms in total. The summed E-state index contributed by atoms with van der Waals surface area (Å²) in [5, 5.41) is 13.3. The Morgan fingerprint density at radius 2 is 2.00 bits per heavy atom. The topological polar surface area (TPSA) is 109 Å². The van der Waals surface area contributed by atoms with Crippen LogP contribution in [0.5, 0.6) is 5.75 Å². The summed E-state index contributed by atoms with van der Waals surface area (Å²) >= 11 is 7.07. The summed E-state index contributed by atoms with van der Waals surface area (Å²) in [6.45, 7) is 0.188. The second kappa shape index (κ2) is 9.94. The first-order valence-electron chi connectivity index (χ1n) is 8.55. The van der Waals surface area contributed by atoms with E-state index < -0.39 is 0 Å². The molecule has 3 aromatic rings. The molecule has 0 saturated carbocycles. The lowest BCUT2D eigenvalue weighted by atomic mass is 10.2. The summed E-state index contributed by atoms with van der Waals surface area (Å²) in [4.78, 5) is 28.4. The van der Waals surface area contributed by atoms with Gasteiger partial charge in [-0.3, -0.25) is 14.7 Å². The highest BCUT2D eigenvalue weighted by Gasteiger charge is 2.10. The molecule has 1 heterocycles. The molecular formula is C19H18ClN5O3S. The van der Waals surface area contributed by atoms with Crippen LogP contribution in [0.3, 0.4) is 0 Å². The van der Waals surface area contributed by atoms with Crippen LogP contribution in [0, 0.1) is 0 Å². The number of thioether (sulfide) groups is 1. The molecule has 0 saturated heterocycles. The largest absolute Gasteiger partial charge is 0.497 e. The summed E-state index contributed by atoms with van der Waals surface area (Å²) in [5.41, 5.74) is 1.14. The number of anilines is 1. The van der Waals surface area contributed by atoms with Gasteiger partial charge < -0.3 is 15.4 Å². The lowest BCUT2D eigenvalue weighted by Gasteiger charge is -2.04. The zero-order valence-electron chi connectivity index (χ0n) is 15.4. The van der Waals surface area contributed by atoms with E-state index >= 15 is 0 Å². The number of amides is 2. The van der Waals surface area contributed by atoms with Gasteiger partial charge in [-0.15, -0.1) is 5.10 Å². The van der Waals surface area contributed by atoms with Crippen molar-refractivity contribution in [2.75, 3.05) is 18.2 Å². The number of rotatable bonds is 8. The van der Waals surface area contributed by atoms with E-state index in [1.165, 1.54) is 11.8 Å². The van der Waals surface area contributed by atoms with Crippen LogP contribution in [-0.2, 0) is 11.3 Å². The van der Waals surface area contributed by atoms with Crippen molar-refractivity contribution in [2.24, 2.45) is 0 Å². The Balaban J connectivity index is 1.45. The van der Waals surface area contributed by atoms with E-state index in [-0.39, 0.29) is 24.1 Å². The number of carbonyl (C=O) groups is 2. The first kappa shape index (κ1) is 20.7. The van der Waals surface area contributed by atoms with E-state index in [0.717, 1.165) is 0 Å². The van der Waals surface area contributed by atoms with Gasteiger partial charge in [-0.2, -0.15) is 0 Å². The normalized spacial score (nSPS) is 10.4. The summed E-state index contributed by atoms with van der Waals surface area (Å²) in [6.07, 6.45) is 0. The molecule has 2 amide bonds. The van der Waals surface area contributed by atoms with E-state index in [0.29, 0.717) is 33.0 Å². The molecule has 150 valence electrons. The van der Waals surface area contributed by atoms with E-state index in [1.54, 1.807) is 55.6 Å². The van der Waals surface area contributed by atoms with Gasteiger partial charge in [0.15, 0.2) is 0 Å². The van der Waals surface area contributed by atoms with Crippen molar-refractivity contribution in [3.63, 3.8) is 0 Å². The minimum atomic E-state index is -0.237. The van der Waals surface area contributed by atoms with Crippen LogP contribution >= 0.6 is 23.4 Å². The van der Waals surface area contributed by atoms with Crippen molar-refractivity contribution in [2.45, 2.75) is 11.7 Å². The van der Waals surface area contributed by atoms with Gasteiger partial charge in [-0.25, -0.2) is 4.98 Å². The van der Waals surface area contributed by atoms with Gasteiger partial charge in [0.2, 0.25) is 11.1 Å². The number of carbonyl (C=O) groups excluding carboxylic acids is 2. The second-order valence-electron chi connectivity index (χ2n) is 5.82. The second-order valence-corrected chi connectivity index (χ2v) is 7.20. The Morgan fingerprint density at radius 1 is 1.21 bits per heavy atom. The molecule has 1 aromatic heterocycles. The zero-order valence-corrected chi connectivity index (χ0v) is 17.0. The van der Waals surface area contributed by atoms with Gasteiger partial charge in [-0.05, 0) is 42.5 Å². The highest BCUT2D eigenvalue weighted by Crippen LogP contribution is 2.17. The zero-order chi connectivity index (χ0) is 20.6. The number of nitrogens with zero attached hydrogens (tertiary/aromatic N) is 2. The number of aromatic amines is 1. The van der Waals surface area contributed by atoms with Crippen LogP contribution in [0.2, 0.25) is 5.02 Å². The van der Waals surface area contributed by atoms with Gasteiger partial charge in [0.1, 0.15) is 11.6 Å². The van der Waals surface area contributed by atoms with E-state index in [2.05, 4.69) is 25.8 Å². The summed E-state index contributed by atoms with van der Waals surface area (Å²) in [6, 6.07) is 13.7. The van der Waals surface area contributed by atoms with Crippen molar-refractivity contribution in [1.29, 1.82) is 0 Å². The lowest BCUT2D eigenvalue weighted by Crippen LogP contribution is -2.23. The molecule has 29 heavy (non-hydrogen) atoms. The molecule has 0 fully saturated rings. The maximum Gasteiger partial charge on any atom is 0.251 e. The van der Waals surface area contributed by atoms with Crippen LogP contribution < -0.4 is 15.4 Å². The molecular weight excluding hydrogens is 414 g/mol. The van der Waals surface area contributed by atoms with Gasteiger partial charge in [0.25, 0.3) is 5.91 Å². The molecule has 3 N–H and O–H groups in total.